The van der Waals surface area contributed by atoms with Gasteiger partial charge in [-0.05, 0) is 46.5 Å². The lowest BCUT2D eigenvalue weighted by Gasteiger charge is -2.00. The van der Waals surface area contributed by atoms with Crippen molar-refractivity contribution in [3.63, 3.8) is 0 Å². The second-order valence-corrected chi connectivity index (χ2v) is 3.94. The summed E-state index contributed by atoms with van der Waals surface area (Å²) in [6.07, 6.45) is 4.72. The Hall–Kier alpha value is -2.45. The van der Waals surface area contributed by atoms with Crippen molar-refractivity contribution in [3.8, 4) is 5.75 Å². The van der Waals surface area contributed by atoms with E-state index >= 15 is 0 Å². The first-order chi connectivity index (χ1) is 8.79. The Balaban J connectivity index is 2.15. The third kappa shape index (κ3) is 3.03. The molecule has 0 fully saturated rings. The molecule has 0 aliphatic heterocycles. The Kier molecular flexibility index (Phi) is 3.84. The molecule has 0 spiro atoms. The predicted molar refractivity (Wildman–Crippen MR) is 73.3 cm³/mol. The molecule has 0 atom stereocenters. The molecule has 0 aliphatic rings. The molecular formula is C14H13N3O. The van der Waals surface area contributed by atoms with Gasteiger partial charge in [0.2, 0.25) is 0 Å². The van der Waals surface area contributed by atoms with Crippen LogP contribution >= 0.6 is 0 Å². The highest BCUT2D eigenvalue weighted by Crippen LogP contribution is 2.21. The third-order valence-electron chi connectivity index (χ3n) is 2.62. The molecule has 18 heavy (non-hydrogen) atoms. The first kappa shape index (κ1) is 12.0. The average Bonchev–Trinajstić information content (AvgIpc) is 2.38. The van der Waals surface area contributed by atoms with Gasteiger partial charge < -0.3 is 5.11 Å². The lowest BCUT2D eigenvalue weighted by atomic mass is 10.1. The number of azide groups is 1. The summed E-state index contributed by atoms with van der Waals surface area (Å²) in [5.41, 5.74) is 9.23. The standard InChI is InChI=1S/C14H13N3O/c15-17-16-8-2-1-3-11-4-5-13-10-14(18)7-6-12(13)9-11/h1,3-7,9-10,18H,2,8H2. The van der Waals surface area contributed by atoms with Crippen LogP contribution in [0, 0.1) is 0 Å². The molecule has 0 heterocycles. The quantitative estimate of drug-likeness (QED) is 0.368. The molecule has 0 aromatic heterocycles. The summed E-state index contributed by atoms with van der Waals surface area (Å²) in [7, 11) is 0. The van der Waals surface area contributed by atoms with Crippen LogP contribution in [0.25, 0.3) is 27.3 Å². The van der Waals surface area contributed by atoms with E-state index < -0.39 is 0 Å². The van der Waals surface area contributed by atoms with Crippen molar-refractivity contribution in [1.82, 2.24) is 0 Å². The minimum atomic E-state index is 0.278. The van der Waals surface area contributed by atoms with Gasteiger partial charge in [0, 0.05) is 11.5 Å². The molecule has 0 unspecified atom stereocenters. The number of hydrogen-bond donors (Lipinski definition) is 1. The molecule has 0 radical (unpaired) electrons. The van der Waals surface area contributed by atoms with Gasteiger partial charge in [-0.1, -0.05) is 35.5 Å². The smallest absolute Gasteiger partial charge is 0.116 e. The fourth-order valence-corrected chi connectivity index (χ4v) is 1.75. The van der Waals surface area contributed by atoms with Crippen LogP contribution in [0.15, 0.2) is 47.6 Å². The van der Waals surface area contributed by atoms with E-state index in [9.17, 15) is 5.11 Å². The lowest BCUT2D eigenvalue weighted by molar-refractivity contribution is 0.476. The Labute approximate surface area is 105 Å². The molecular weight excluding hydrogens is 226 g/mol. The summed E-state index contributed by atoms with van der Waals surface area (Å²) >= 11 is 0. The van der Waals surface area contributed by atoms with Crippen molar-refractivity contribution in [1.29, 1.82) is 0 Å². The zero-order chi connectivity index (χ0) is 12.8. The Morgan fingerprint density at radius 1 is 1.17 bits per heavy atom. The van der Waals surface area contributed by atoms with E-state index in [1.807, 2.05) is 30.4 Å². The van der Waals surface area contributed by atoms with Crippen LogP contribution in [0.5, 0.6) is 5.75 Å². The average molecular weight is 239 g/mol. The lowest BCUT2D eigenvalue weighted by Crippen LogP contribution is -1.77. The Morgan fingerprint density at radius 3 is 2.78 bits per heavy atom. The molecule has 0 saturated heterocycles. The number of benzene rings is 2. The van der Waals surface area contributed by atoms with Crippen LogP contribution in [0.2, 0.25) is 0 Å². The molecule has 0 amide bonds. The second-order valence-electron chi connectivity index (χ2n) is 3.94. The molecule has 2 aromatic rings. The first-order valence-corrected chi connectivity index (χ1v) is 5.70. The van der Waals surface area contributed by atoms with Crippen molar-refractivity contribution in [2.24, 2.45) is 5.11 Å². The molecule has 0 aliphatic carbocycles. The largest absolute Gasteiger partial charge is 0.508 e. The molecule has 4 heteroatoms. The summed E-state index contributed by atoms with van der Waals surface area (Å²) in [6, 6.07) is 11.3. The van der Waals surface area contributed by atoms with Gasteiger partial charge in [0.15, 0.2) is 0 Å². The molecule has 1 N–H and O–H groups in total. The summed E-state index contributed by atoms with van der Waals surface area (Å²) in [5, 5.41) is 14.9. The van der Waals surface area contributed by atoms with E-state index in [2.05, 4.69) is 16.1 Å². The van der Waals surface area contributed by atoms with Gasteiger partial charge >= 0.3 is 0 Å². The molecule has 4 nitrogen and oxygen atoms in total. The zero-order valence-corrected chi connectivity index (χ0v) is 9.82. The topological polar surface area (TPSA) is 69.0 Å². The number of phenols is 1. The van der Waals surface area contributed by atoms with Crippen LogP contribution in [0.1, 0.15) is 12.0 Å². The van der Waals surface area contributed by atoms with Crippen LogP contribution in [-0.4, -0.2) is 11.7 Å². The summed E-state index contributed by atoms with van der Waals surface area (Å²) in [4.78, 5) is 2.70. The molecule has 0 saturated carbocycles. The van der Waals surface area contributed by atoms with Crippen LogP contribution < -0.4 is 0 Å². The van der Waals surface area contributed by atoms with Crippen molar-refractivity contribution in [2.75, 3.05) is 6.54 Å². The number of hydrogen-bond acceptors (Lipinski definition) is 2. The second kappa shape index (κ2) is 5.75. The first-order valence-electron chi connectivity index (χ1n) is 5.70. The van der Waals surface area contributed by atoms with E-state index in [-0.39, 0.29) is 5.75 Å². The van der Waals surface area contributed by atoms with Crippen molar-refractivity contribution < 1.29 is 5.11 Å². The maximum absolute atomic E-state index is 9.37. The number of nitrogens with zero attached hydrogens (tertiary/aromatic N) is 3. The van der Waals surface area contributed by atoms with Crippen molar-refractivity contribution >= 4 is 16.8 Å². The molecule has 2 rings (SSSR count). The summed E-state index contributed by atoms with van der Waals surface area (Å²) < 4.78 is 0. The third-order valence-corrected chi connectivity index (χ3v) is 2.62. The van der Waals surface area contributed by atoms with E-state index in [1.54, 1.807) is 12.1 Å². The van der Waals surface area contributed by atoms with Gasteiger partial charge in [0.25, 0.3) is 0 Å². The number of rotatable bonds is 4. The van der Waals surface area contributed by atoms with Gasteiger partial charge in [-0.2, -0.15) is 0 Å². The van der Waals surface area contributed by atoms with Gasteiger partial charge in [-0.3, -0.25) is 0 Å². The number of aromatic hydroxyl groups is 1. The highest BCUT2D eigenvalue weighted by molar-refractivity contribution is 5.85. The normalized spacial score (nSPS) is 10.7. The maximum Gasteiger partial charge on any atom is 0.116 e. The molecule has 2 aromatic carbocycles. The molecule has 90 valence electrons. The van der Waals surface area contributed by atoms with Gasteiger partial charge in [-0.15, -0.1) is 0 Å². The van der Waals surface area contributed by atoms with Gasteiger partial charge in [-0.25, -0.2) is 0 Å². The van der Waals surface area contributed by atoms with E-state index in [1.165, 1.54) is 0 Å². The van der Waals surface area contributed by atoms with E-state index in [4.69, 9.17) is 5.53 Å². The van der Waals surface area contributed by atoms with Gasteiger partial charge in [0.1, 0.15) is 5.75 Å². The Bertz CT molecular complexity index is 628. The summed E-state index contributed by atoms with van der Waals surface area (Å²) in [6.45, 7) is 0.481. The SMILES string of the molecule is [N-]=[N+]=NCCC=Cc1ccc2cc(O)ccc2c1. The Morgan fingerprint density at radius 2 is 1.94 bits per heavy atom. The number of fused-ring (bicyclic) bond motifs is 1. The van der Waals surface area contributed by atoms with E-state index in [0.29, 0.717) is 6.54 Å². The van der Waals surface area contributed by atoms with Crippen LogP contribution in [0.3, 0.4) is 0 Å². The fourth-order valence-electron chi connectivity index (χ4n) is 1.75. The zero-order valence-electron chi connectivity index (χ0n) is 9.82. The number of phenolic OH excluding ortho intramolecular Hbond substituents is 1. The summed E-state index contributed by atoms with van der Waals surface area (Å²) in [5.74, 6) is 0.278. The van der Waals surface area contributed by atoms with Gasteiger partial charge in [0.05, 0.1) is 0 Å². The van der Waals surface area contributed by atoms with Crippen molar-refractivity contribution in [2.45, 2.75) is 6.42 Å². The minimum Gasteiger partial charge on any atom is -0.508 e. The molecule has 0 bridgehead atoms. The highest BCUT2D eigenvalue weighted by atomic mass is 16.3. The highest BCUT2D eigenvalue weighted by Gasteiger charge is 1.95. The van der Waals surface area contributed by atoms with Crippen molar-refractivity contribution in [3.05, 3.63) is 58.5 Å². The van der Waals surface area contributed by atoms with Crippen LogP contribution in [-0.2, 0) is 0 Å². The van der Waals surface area contributed by atoms with Crippen LogP contribution in [0.4, 0.5) is 0 Å². The predicted octanol–water partition coefficient (Wildman–Crippen LogP) is 4.26. The van der Waals surface area contributed by atoms with E-state index in [0.717, 1.165) is 22.8 Å². The maximum atomic E-state index is 9.37. The monoisotopic (exact) mass is 239 g/mol. The minimum absolute atomic E-state index is 0.278. The fraction of sp³-hybridized carbons (Fsp3) is 0.143.